The van der Waals surface area contributed by atoms with Gasteiger partial charge in [-0.15, -0.1) is 0 Å². The molecule has 0 aliphatic rings. The van der Waals surface area contributed by atoms with E-state index in [4.69, 9.17) is 5.26 Å². The van der Waals surface area contributed by atoms with E-state index in [1.165, 1.54) is 18.2 Å². The predicted molar refractivity (Wildman–Crippen MR) is 76.4 cm³/mol. The second-order valence-corrected chi connectivity index (χ2v) is 4.83. The Morgan fingerprint density at radius 3 is 2.33 bits per heavy atom. The topological polar surface area (TPSA) is 45.0 Å². The molecule has 2 aromatic rings. The van der Waals surface area contributed by atoms with Gasteiger partial charge in [0.2, 0.25) is 0 Å². The van der Waals surface area contributed by atoms with Crippen molar-refractivity contribution >= 4 is 5.69 Å². The van der Waals surface area contributed by atoms with Gasteiger partial charge in [-0.1, -0.05) is 12.1 Å². The van der Waals surface area contributed by atoms with E-state index >= 15 is 0 Å². The molecular formula is C16H11F5N2O. The number of benzene rings is 2. The fraction of sp³-hybridized carbons (Fsp3) is 0.188. The maximum atomic E-state index is 13.7. The number of ether oxygens (including phenoxy) is 1. The Morgan fingerprint density at radius 2 is 1.75 bits per heavy atom. The van der Waals surface area contributed by atoms with Crippen LogP contribution in [0, 0.1) is 23.0 Å². The highest BCUT2D eigenvalue weighted by molar-refractivity contribution is 5.50. The molecule has 0 radical (unpaired) electrons. The predicted octanol–water partition coefficient (Wildman–Crippen LogP) is 4.39. The minimum atomic E-state index is -4.46. The zero-order chi connectivity index (χ0) is 17.7. The number of hydrogen-bond acceptors (Lipinski definition) is 3. The largest absolute Gasteiger partial charge is 0.484 e. The molecule has 126 valence electrons. The van der Waals surface area contributed by atoms with Crippen molar-refractivity contribution in [3.05, 3.63) is 59.2 Å². The summed E-state index contributed by atoms with van der Waals surface area (Å²) in [5, 5.41) is 11.1. The maximum absolute atomic E-state index is 13.7. The first-order chi connectivity index (χ1) is 11.3. The number of hydrogen-bond donors (Lipinski definition) is 1. The molecule has 0 amide bonds. The smallest absolute Gasteiger partial charge is 0.422 e. The van der Waals surface area contributed by atoms with Crippen molar-refractivity contribution in [1.82, 2.24) is 0 Å². The third-order valence-electron chi connectivity index (χ3n) is 2.94. The minimum absolute atomic E-state index is 0.00704. The number of nitrogens with one attached hydrogen (secondary N) is 1. The van der Waals surface area contributed by atoms with Crippen molar-refractivity contribution in [2.24, 2.45) is 0 Å². The van der Waals surface area contributed by atoms with Gasteiger partial charge < -0.3 is 10.1 Å². The molecule has 0 saturated heterocycles. The van der Waals surface area contributed by atoms with Crippen LogP contribution in [0.2, 0.25) is 0 Å². The number of rotatable bonds is 5. The lowest BCUT2D eigenvalue weighted by Gasteiger charge is -2.12. The first-order valence-electron chi connectivity index (χ1n) is 6.70. The van der Waals surface area contributed by atoms with Crippen molar-refractivity contribution in [2.45, 2.75) is 12.7 Å². The molecular weight excluding hydrogens is 331 g/mol. The lowest BCUT2D eigenvalue weighted by molar-refractivity contribution is -0.153. The lowest BCUT2D eigenvalue weighted by Crippen LogP contribution is -2.19. The Morgan fingerprint density at radius 1 is 1.08 bits per heavy atom. The monoisotopic (exact) mass is 342 g/mol. The molecule has 8 heteroatoms. The van der Waals surface area contributed by atoms with Crippen LogP contribution in [0.1, 0.15) is 11.1 Å². The lowest BCUT2D eigenvalue weighted by atomic mass is 10.1. The summed E-state index contributed by atoms with van der Waals surface area (Å²) in [7, 11) is 0. The van der Waals surface area contributed by atoms with Crippen molar-refractivity contribution < 1.29 is 26.7 Å². The van der Waals surface area contributed by atoms with Crippen molar-refractivity contribution in [2.75, 3.05) is 11.9 Å². The van der Waals surface area contributed by atoms with Gasteiger partial charge in [0, 0.05) is 6.54 Å². The summed E-state index contributed by atoms with van der Waals surface area (Å²) in [5.41, 5.74) is -0.105. The number of alkyl halides is 3. The Hall–Kier alpha value is -2.82. The molecule has 0 unspecified atom stereocenters. The second kappa shape index (κ2) is 7.17. The van der Waals surface area contributed by atoms with Gasteiger partial charge in [-0.3, -0.25) is 0 Å². The standard InChI is InChI=1S/C16H11F5N2O/c17-13-5-11(7-22)6-14(18)15(13)23-8-10-2-1-3-12(4-10)24-9-16(19,20)21/h1-6,23H,8-9H2. The van der Waals surface area contributed by atoms with E-state index in [1.807, 2.05) is 0 Å². The highest BCUT2D eigenvalue weighted by Gasteiger charge is 2.28. The first kappa shape index (κ1) is 17.5. The molecule has 0 aromatic heterocycles. The summed E-state index contributed by atoms with van der Waals surface area (Å²) < 4.78 is 68.4. The second-order valence-electron chi connectivity index (χ2n) is 4.83. The summed E-state index contributed by atoms with van der Waals surface area (Å²) in [6.07, 6.45) is -4.46. The average molecular weight is 342 g/mol. The van der Waals surface area contributed by atoms with Gasteiger partial charge >= 0.3 is 6.18 Å². The maximum Gasteiger partial charge on any atom is 0.422 e. The van der Waals surface area contributed by atoms with E-state index in [-0.39, 0.29) is 17.9 Å². The minimum Gasteiger partial charge on any atom is -0.484 e. The van der Waals surface area contributed by atoms with Crippen molar-refractivity contribution in [3.8, 4) is 11.8 Å². The number of nitriles is 1. The van der Waals surface area contributed by atoms with Gasteiger partial charge in [0.25, 0.3) is 0 Å². The molecule has 0 atom stereocenters. The molecule has 0 aliphatic carbocycles. The van der Waals surface area contributed by atoms with Gasteiger partial charge in [0.1, 0.15) is 11.4 Å². The van der Waals surface area contributed by atoms with Gasteiger partial charge in [-0.2, -0.15) is 18.4 Å². The Labute approximate surface area is 134 Å². The SMILES string of the molecule is N#Cc1cc(F)c(NCc2cccc(OCC(F)(F)F)c2)c(F)c1. The van der Waals surface area contributed by atoms with Gasteiger partial charge in [-0.25, -0.2) is 8.78 Å². The fourth-order valence-corrected chi connectivity index (χ4v) is 1.91. The molecule has 0 heterocycles. The van der Waals surface area contributed by atoms with E-state index in [0.29, 0.717) is 5.56 Å². The van der Waals surface area contributed by atoms with Crippen LogP contribution in [0.25, 0.3) is 0 Å². The van der Waals surface area contributed by atoms with Crippen LogP contribution >= 0.6 is 0 Å². The van der Waals surface area contributed by atoms with Crippen LogP contribution < -0.4 is 10.1 Å². The fourth-order valence-electron chi connectivity index (χ4n) is 1.91. The van der Waals surface area contributed by atoms with Crippen LogP contribution in [0.15, 0.2) is 36.4 Å². The quantitative estimate of drug-likeness (QED) is 0.820. The van der Waals surface area contributed by atoms with E-state index in [0.717, 1.165) is 12.1 Å². The van der Waals surface area contributed by atoms with Crippen LogP contribution in [-0.4, -0.2) is 12.8 Å². The molecule has 24 heavy (non-hydrogen) atoms. The van der Waals surface area contributed by atoms with Crippen LogP contribution in [0.5, 0.6) is 5.75 Å². The number of anilines is 1. The van der Waals surface area contributed by atoms with E-state index in [2.05, 4.69) is 10.1 Å². The van der Waals surface area contributed by atoms with Crippen LogP contribution in [0.4, 0.5) is 27.6 Å². The van der Waals surface area contributed by atoms with Crippen molar-refractivity contribution in [1.29, 1.82) is 5.26 Å². The summed E-state index contributed by atoms with van der Waals surface area (Å²) >= 11 is 0. The van der Waals surface area contributed by atoms with Crippen LogP contribution in [-0.2, 0) is 6.54 Å². The normalized spacial score (nSPS) is 11.0. The molecule has 3 nitrogen and oxygen atoms in total. The number of nitrogens with zero attached hydrogens (tertiary/aromatic N) is 1. The zero-order valence-corrected chi connectivity index (χ0v) is 12.1. The molecule has 2 rings (SSSR count). The third kappa shape index (κ3) is 4.84. The van der Waals surface area contributed by atoms with E-state index in [1.54, 1.807) is 12.1 Å². The summed E-state index contributed by atoms with van der Waals surface area (Å²) in [4.78, 5) is 0. The third-order valence-corrected chi connectivity index (χ3v) is 2.94. The molecule has 2 aromatic carbocycles. The first-order valence-corrected chi connectivity index (χ1v) is 6.70. The Balaban J connectivity index is 2.06. The highest BCUT2D eigenvalue weighted by atomic mass is 19.4. The van der Waals surface area contributed by atoms with E-state index in [9.17, 15) is 22.0 Å². The molecule has 0 fully saturated rings. The van der Waals surface area contributed by atoms with Crippen molar-refractivity contribution in [3.63, 3.8) is 0 Å². The molecule has 0 spiro atoms. The molecule has 0 saturated carbocycles. The van der Waals surface area contributed by atoms with Gasteiger partial charge in [0.05, 0.1) is 11.6 Å². The van der Waals surface area contributed by atoms with Gasteiger partial charge in [0.15, 0.2) is 18.2 Å². The summed E-state index contributed by atoms with van der Waals surface area (Å²) in [5.74, 6) is -1.88. The number of halogens is 5. The zero-order valence-electron chi connectivity index (χ0n) is 12.1. The van der Waals surface area contributed by atoms with Gasteiger partial charge in [-0.05, 0) is 29.8 Å². The molecule has 1 N–H and O–H groups in total. The molecule has 0 aliphatic heterocycles. The molecule has 0 bridgehead atoms. The van der Waals surface area contributed by atoms with Crippen LogP contribution in [0.3, 0.4) is 0 Å². The average Bonchev–Trinajstić information content (AvgIpc) is 2.51. The Kier molecular flexibility index (Phi) is 5.24. The summed E-state index contributed by atoms with van der Waals surface area (Å²) in [6, 6.07) is 9.10. The Bertz CT molecular complexity index is 745. The highest BCUT2D eigenvalue weighted by Crippen LogP contribution is 2.23. The van der Waals surface area contributed by atoms with E-state index < -0.39 is 30.1 Å². The summed E-state index contributed by atoms with van der Waals surface area (Å²) in [6.45, 7) is -1.47.